The second kappa shape index (κ2) is 21.2. The maximum absolute atomic E-state index is 4.76. The van der Waals surface area contributed by atoms with E-state index >= 15 is 0 Å². The molecular formula is C69H55N5. The van der Waals surface area contributed by atoms with Crippen molar-refractivity contribution < 1.29 is 0 Å². The Kier molecular flexibility index (Phi) is 13.1. The summed E-state index contributed by atoms with van der Waals surface area (Å²) in [5.74, 6) is 0.940. The average molecular weight is 954 g/mol. The van der Waals surface area contributed by atoms with Gasteiger partial charge in [0.15, 0.2) is 0 Å². The molecule has 1 aliphatic rings. The lowest BCUT2D eigenvalue weighted by atomic mass is 9.86. The van der Waals surface area contributed by atoms with Gasteiger partial charge in [0.05, 0.1) is 12.4 Å². The van der Waals surface area contributed by atoms with E-state index in [2.05, 4.69) is 257 Å². The molecule has 3 heterocycles. The molecule has 0 atom stereocenters. The third kappa shape index (κ3) is 10.1. The molecule has 356 valence electrons. The normalized spacial score (nSPS) is 12.1. The van der Waals surface area contributed by atoms with Gasteiger partial charge in [0.25, 0.3) is 0 Å². The maximum atomic E-state index is 4.76. The van der Waals surface area contributed by atoms with Gasteiger partial charge in [-0.15, -0.1) is 0 Å². The molecule has 0 bridgehead atoms. The van der Waals surface area contributed by atoms with Crippen molar-refractivity contribution >= 4 is 11.4 Å². The molecule has 0 spiro atoms. The fourth-order valence-corrected chi connectivity index (χ4v) is 10.3. The summed E-state index contributed by atoms with van der Waals surface area (Å²) < 4.78 is 2.15. The molecule has 74 heavy (non-hydrogen) atoms. The number of hydrogen-bond acceptors (Lipinski definition) is 4. The largest absolute Gasteiger partial charge is 0.328 e. The van der Waals surface area contributed by atoms with Crippen LogP contribution in [-0.4, -0.2) is 21.2 Å². The lowest BCUT2D eigenvalue weighted by molar-refractivity contribution is 0.929. The Hall–Kier alpha value is -9.32. The first-order valence-electron chi connectivity index (χ1n) is 25.6. The van der Waals surface area contributed by atoms with Crippen LogP contribution >= 0.6 is 0 Å². The number of para-hydroxylation sites is 2. The number of hydrogen-bond donors (Lipinski definition) is 0. The Morgan fingerprint density at radius 3 is 1.49 bits per heavy atom. The first kappa shape index (κ1) is 45.8. The van der Waals surface area contributed by atoms with Crippen molar-refractivity contribution in [2.45, 2.75) is 25.7 Å². The van der Waals surface area contributed by atoms with Crippen LogP contribution in [0, 0.1) is 0 Å². The molecule has 2 aromatic heterocycles. The summed E-state index contributed by atoms with van der Waals surface area (Å²) in [7, 11) is 0. The van der Waals surface area contributed by atoms with Crippen molar-refractivity contribution in [2.75, 3.05) is 16.5 Å². The minimum atomic E-state index is 0.792. The van der Waals surface area contributed by atoms with Crippen molar-refractivity contribution in [2.24, 2.45) is 0 Å². The number of benzene rings is 9. The molecule has 1 aliphatic heterocycles. The molecule has 0 unspecified atom stereocenters. The highest BCUT2D eigenvalue weighted by atomic mass is 15.3. The highest BCUT2D eigenvalue weighted by molar-refractivity contribution is 5.94. The minimum absolute atomic E-state index is 0.792. The second-order valence-corrected chi connectivity index (χ2v) is 19.0. The third-order valence-corrected chi connectivity index (χ3v) is 14.2. The number of anilines is 2. The van der Waals surface area contributed by atoms with E-state index in [1.807, 2.05) is 30.7 Å². The SMILES string of the molecule is C1=CN(c2ccc(CCc3cc(CCc4ccc(-c5nccn5-c5ccccc5)cc4)cc(-c4ccccc4-c4ccc(-c5ccccn5)cc4-c4ccc(-c5ccccc5)cc4)c3)cc2)CN1c1ccccc1. The monoisotopic (exact) mass is 953 g/mol. The lowest BCUT2D eigenvalue weighted by Crippen LogP contribution is -2.24. The minimum Gasteiger partial charge on any atom is -0.328 e. The second-order valence-electron chi connectivity index (χ2n) is 19.0. The molecule has 0 N–H and O–H groups in total. The molecule has 0 amide bonds. The summed E-state index contributed by atoms with van der Waals surface area (Å²) in [6.07, 6.45) is 13.8. The number of aryl methyl sites for hydroxylation is 4. The zero-order valence-corrected chi connectivity index (χ0v) is 41.3. The van der Waals surface area contributed by atoms with Crippen molar-refractivity contribution in [1.29, 1.82) is 0 Å². The van der Waals surface area contributed by atoms with Crippen LogP contribution in [-0.2, 0) is 25.7 Å². The molecule has 12 rings (SSSR count). The maximum Gasteiger partial charge on any atom is 0.144 e. The van der Waals surface area contributed by atoms with Gasteiger partial charge in [-0.2, -0.15) is 0 Å². The molecule has 0 saturated heterocycles. The Morgan fingerprint density at radius 1 is 0.311 bits per heavy atom. The number of aromatic nitrogens is 3. The van der Waals surface area contributed by atoms with Gasteiger partial charge in [-0.25, -0.2) is 4.98 Å². The Balaban J connectivity index is 0.863. The Labute approximate surface area is 434 Å². The highest BCUT2D eigenvalue weighted by Crippen LogP contribution is 2.41. The van der Waals surface area contributed by atoms with Crippen molar-refractivity contribution in [3.8, 4) is 72.8 Å². The number of nitrogens with zero attached hydrogens (tertiary/aromatic N) is 5. The van der Waals surface area contributed by atoms with Gasteiger partial charge >= 0.3 is 0 Å². The van der Waals surface area contributed by atoms with Crippen LogP contribution < -0.4 is 9.80 Å². The van der Waals surface area contributed by atoms with E-state index in [1.54, 1.807) is 0 Å². The molecule has 5 heteroatoms. The number of rotatable bonds is 15. The van der Waals surface area contributed by atoms with Gasteiger partial charge in [0.1, 0.15) is 5.82 Å². The zero-order valence-electron chi connectivity index (χ0n) is 41.3. The fourth-order valence-electron chi connectivity index (χ4n) is 10.3. The van der Waals surface area contributed by atoms with Gasteiger partial charge in [0, 0.05) is 59.2 Å². The molecule has 0 radical (unpaired) electrons. The average Bonchev–Trinajstić information content (AvgIpc) is 4.19. The fraction of sp³-hybridized carbons (Fsp3) is 0.0725. The molecule has 5 nitrogen and oxygen atoms in total. The number of pyridine rings is 1. The molecule has 9 aromatic carbocycles. The zero-order chi connectivity index (χ0) is 49.5. The van der Waals surface area contributed by atoms with Crippen LogP contribution in [0.15, 0.2) is 274 Å². The van der Waals surface area contributed by atoms with Crippen molar-refractivity contribution in [3.05, 3.63) is 296 Å². The van der Waals surface area contributed by atoms with Crippen LogP contribution in [0.25, 0.3) is 72.8 Å². The summed E-state index contributed by atoms with van der Waals surface area (Å²) >= 11 is 0. The van der Waals surface area contributed by atoms with Crippen LogP contribution in [0.2, 0.25) is 0 Å². The van der Waals surface area contributed by atoms with Crippen LogP contribution in [0.1, 0.15) is 22.3 Å². The quantitative estimate of drug-likeness (QED) is 0.103. The Morgan fingerprint density at radius 2 is 0.824 bits per heavy atom. The predicted octanol–water partition coefficient (Wildman–Crippen LogP) is 16.6. The summed E-state index contributed by atoms with van der Waals surface area (Å²) in [5, 5.41) is 0. The van der Waals surface area contributed by atoms with Crippen LogP contribution in [0.3, 0.4) is 0 Å². The molecule has 0 saturated carbocycles. The van der Waals surface area contributed by atoms with Gasteiger partial charge in [0.2, 0.25) is 0 Å². The molecule has 0 fully saturated rings. The lowest BCUT2D eigenvalue weighted by Gasteiger charge is -2.21. The third-order valence-electron chi connectivity index (χ3n) is 14.2. The smallest absolute Gasteiger partial charge is 0.144 e. The van der Waals surface area contributed by atoms with Gasteiger partial charge in [-0.1, -0.05) is 188 Å². The van der Waals surface area contributed by atoms with E-state index in [9.17, 15) is 0 Å². The van der Waals surface area contributed by atoms with Crippen molar-refractivity contribution in [3.63, 3.8) is 0 Å². The highest BCUT2D eigenvalue weighted by Gasteiger charge is 2.18. The summed E-state index contributed by atoms with van der Waals surface area (Å²) in [4.78, 5) is 14.1. The van der Waals surface area contributed by atoms with E-state index in [4.69, 9.17) is 9.97 Å². The van der Waals surface area contributed by atoms with Crippen molar-refractivity contribution in [1.82, 2.24) is 14.5 Å². The number of imidazole rings is 1. The first-order chi connectivity index (χ1) is 36.6. The van der Waals surface area contributed by atoms with E-state index in [0.717, 1.165) is 66.2 Å². The topological polar surface area (TPSA) is 37.2 Å². The van der Waals surface area contributed by atoms with Crippen LogP contribution in [0.4, 0.5) is 11.4 Å². The standard InChI is InChI=1S/C69H55N5/c1-4-14-55(15-5-1)56-33-35-57(36-34-56)67-49-59(68-22-12-13-41-70-68)37-40-66(67)65-21-11-10-20-64(65)60-47-53(25-23-51-27-31-58(32-28-51)69-71-42-43-74(69)63-18-8-3-9-19-63)46-54(48-60)26-24-52-29-38-62(39-30-52)73-45-44-72(50-73)61-16-6-2-7-17-61/h1-22,27-49H,23-26,50H2. The van der Waals surface area contributed by atoms with Gasteiger partial charge in [-0.05, 0) is 147 Å². The van der Waals surface area contributed by atoms with Gasteiger partial charge in [-0.3, -0.25) is 9.55 Å². The summed E-state index contributed by atoms with van der Waals surface area (Å²) in [6.45, 7) is 0.792. The Bertz CT molecular complexity index is 3660. The summed E-state index contributed by atoms with van der Waals surface area (Å²) in [6, 6.07) is 87.9. The summed E-state index contributed by atoms with van der Waals surface area (Å²) in [5.41, 5.74) is 21.5. The molecule has 11 aromatic rings. The van der Waals surface area contributed by atoms with Crippen LogP contribution in [0.5, 0.6) is 0 Å². The molecule has 0 aliphatic carbocycles. The van der Waals surface area contributed by atoms with Gasteiger partial charge < -0.3 is 9.80 Å². The van der Waals surface area contributed by atoms with E-state index in [-0.39, 0.29) is 0 Å². The van der Waals surface area contributed by atoms with E-state index < -0.39 is 0 Å². The predicted molar refractivity (Wildman–Crippen MR) is 307 cm³/mol. The van der Waals surface area contributed by atoms with E-state index in [1.165, 1.54) is 72.6 Å². The molecular weight excluding hydrogens is 899 g/mol. The first-order valence-corrected chi connectivity index (χ1v) is 25.6. The van der Waals surface area contributed by atoms with E-state index in [0.29, 0.717) is 0 Å².